The first-order valence-corrected chi connectivity index (χ1v) is 38.6. The van der Waals surface area contributed by atoms with Crippen molar-refractivity contribution in [2.75, 3.05) is 19.8 Å². The number of unbranched alkanes of at least 4 members (excludes halogenated alkanes) is 53. The number of aliphatic hydroxyl groups excluding tert-OH is 5. The van der Waals surface area contributed by atoms with Gasteiger partial charge in [0.15, 0.2) is 6.29 Å². The Morgan fingerprint density at radius 3 is 1.09 bits per heavy atom. The molecular formula is C77H147NO10. The molecule has 1 rings (SSSR count). The Morgan fingerprint density at radius 2 is 0.727 bits per heavy atom. The molecule has 11 nitrogen and oxygen atoms in total. The molecule has 6 N–H and O–H groups in total. The number of rotatable bonds is 69. The summed E-state index contributed by atoms with van der Waals surface area (Å²) < 4.78 is 16.7. The first-order valence-electron chi connectivity index (χ1n) is 38.6. The molecule has 0 bridgehead atoms. The van der Waals surface area contributed by atoms with E-state index in [9.17, 15) is 35.1 Å². The van der Waals surface area contributed by atoms with Gasteiger partial charge in [-0.2, -0.15) is 0 Å². The number of amides is 1. The quantitative estimate of drug-likeness (QED) is 0.0195. The molecule has 11 heteroatoms. The Labute approximate surface area is 543 Å². The third kappa shape index (κ3) is 54.7. The van der Waals surface area contributed by atoms with Crippen LogP contribution in [-0.2, 0) is 23.8 Å². The lowest BCUT2D eigenvalue weighted by Gasteiger charge is -2.40. The molecule has 1 fully saturated rings. The van der Waals surface area contributed by atoms with Gasteiger partial charge >= 0.3 is 5.97 Å². The summed E-state index contributed by atoms with van der Waals surface area (Å²) in [6.45, 7) is 4.35. The Balaban J connectivity index is 1.84. The predicted octanol–water partition coefficient (Wildman–Crippen LogP) is 20.4. The van der Waals surface area contributed by atoms with Gasteiger partial charge in [-0.05, 0) is 57.8 Å². The van der Waals surface area contributed by atoms with Crippen LogP contribution in [0.3, 0.4) is 0 Å². The lowest BCUT2D eigenvalue weighted by Crippen LogP contribution is -2.60. The molecule has 1 amide bonds. The van der Waals surface area contributed by atoms with Crippen molar-refractivity contribution < 1.29 is 49.3 Å². The topological polar surface area (TPSA) is 175 Å². The second kappa shape index (κ2) is 66.6. The Hall–Kier alpha value is -1.86. The number of carbonyl (C=O) groups is 2. The summed E-state index contributed by atoms with van der Waals surface area (Å²) in [5.41, 5.74) is 0. The van der Waals surface area contributed by atoms with E-state index in [-0.39, 0.29) is 18.5 Å². The van der Waals surface area contributed by atoms with Crippen molar-refractivity contribution in [3.63, 3.8) is 0 Å². The van der Waals surface area contributed by atoms with Crippen LogP contribution in [0.1, 0.15) is 393 Å². The number of nitrogens with one attached hydrogen (secondary N) is 1. The molecule has 88 heavy (non-hydrogen) atoms. The Bertz CT molecular complexity index is 1510. The number of esters is 1. The van der Waals surface area contributed by atoms with Crippen molar-refractivity contribution in [2.24, 2.45) is 0 Å². The highest BCUT2D eigenvalue weighted by molar-refractivity contribution is 5.76. The van der Waals surface area contributed by atoms with Crippen molar-refractivity contribution in [3.05, 3.63) is 24.3 Å². The van der Waals surface area contributed by atoms with Crippen LogP contribution in [0.2, 0.25) is 0 Å². The van der Waals surface area contributed by atoms with Crippen molar-refractivity contribution in [1.29, 1.82) is 0 Å². The van der Waals surface area contributed by atoms with E-state index in [1.165, 1.54) is 308 Å². The molecule has 0 aliphatic carbocycles. The van der Waals surface area contributed by atoms with Crippen LogP contribution in [-0.4, -0.2) is 100 Å². The number of ether oxygens (including phenoxy) is 3. The van der Waals surface area contributed by atoms with Crippen LogP contribution in [0, 0.1) is 0 Å². The first-order chi connectivity index (χ1) is 43.2. The van der Waals surface area contributed by atoms with Crippen molar-refractivity contribution in [3.8, 4) is 0 Å². The van der Waals surface area contributed by atoms with Crippen LogP contribution >= 0.6 is 0 Å². The van der Waals surface area contributed by atoms with Crippen LogP contribution in [0.4, 0.5) is 0 Å². The van der Waals surface area contributed by atoms with E-state index < -0.39 is 49.5 Å². The molecule has 1 saturated heterocycles. The van der Waals surface area contributed by atoms with Gasteiger partial charge in [0.1, 0.15) is 24.4 Å². The van der Waals surface area contributed by atoms with Crippen molar-refractivity contribution in [2.45, 2.75) is 436 Å². The van der Waals surface area contributed by atoms with E-state index in [2.05, 4.69) is 31.3 Å². The molecule has 1 aliphatic heterocycles. The minimum Gasteiger partial charge on any atom is -0.466 e. The lowest BCUT2D eigenvalue weighted by molar-refractivity contribution is -0.302. The molecule has 0 aromatic rings. The number of hydrogen-bond acceptors (Lipinski definition) is 10. The standard InChI is InChI=1S/C77H147NO10/c1-3-5-7-9-11-13-14-15-42-45-49-53-57-61-65-73(82)86-66-62-58-54-50-46-43-40-38-36-34-32-30-28-26-24-22-20-18-16-17-19-21-23-25-27-29-31-33-35-37-39-41-44-48-52-56-60-64-72(81)78-69(70(80)63-59-55-51-47-12-10-8-6-4-2)68-87-77-76(85)75(84)74(83)71(67-79)88-77/h14-15,59,63,69-71,74-77,79-80,83-85H,3-13,16-58,60-62,64-68H2,1-2H3,(H,78,81)/b15-14-,63-59+. The minimum atomic E-state index is -1.57. The van der Waals surface area contributed by atoms with E-state index in [1.807, 2.05) is 6.08 Å². The smallest absolute Gasteiger partial charge is 0.305 e. The third-order valence-electron chi connectivity index (χ3n) is 18.6. The molecule has 1 heterocycles. The van der Waals surface area contributed by atoms with Gasteiger partial charge in [-0.3, -0.25) is 9.59 Å². The van der Waals surface area contributed by atoms with E-state index in [4.69, 9.17) is 14.2 Å². The molecule has 0 aromatic carbocycles. The number of carbonyl (C=O) groups excluding carboxylic acids is 2. The number of allylic oxidation sites excluding steroid dienone is 3. The van der Waals surface area contributed by atoms with Gasteiger partial charge in [-0.1, -0.05) is 346 Å². The largest absolute Gasteiger partial charge is 0.466 e. The average Bonchev–Trinajstić information content (AvgIpc) is 3.63. The lowest BCUT2D eigenvalue weighted by atomic mass is 9.99. The van der Waals surface area contributed by atoms with E-state index in [0.29, 0.717) is 19.4 Å². The van der Waals surface area contributed by atoms with Crippen LogP contribution in [0.15, 0.2) is 24.3 Å². The summed E-state index contributed by atoms with van der Waals surface area (Å²) in [6, 6.07) is -0.803. The van der Waals surface area contributed by atoms with E-state index in [1.54, 1.807) is 6.08 Å². The summed E-state index contributed by atoms with van der Waals surface area (Å²) in [5, 5.41) is 54.3. The van der Waals surface area contributed by atoms with Gasteiger partial charge in [0.05, 0.1) is 32.0 Å². The van der Waals surface area contributed by atoms with Gasteiger partial charge in [0, 0.05) is 12.8 Å². The molecule has 520 valence electrons. The van der Waals surface area contributed by atoms with Gasteiger partial charge < -0.3 is 45.1 Å². The fourth-order valence-corrected chi connectivity index (χ4v) is 12.5. The van der Waals surface area contributed by atoms with E-state index in [0.717, 1.165) is 57.8 Å². The third-order valence-corrected chi connectivity index (χ3v) is 18.6. The van der Waals surface area contributed by atoms with Crippen LogP contribution in [0.5, 0.6) is 0 Å². The van der Waals surface area contributed by atoms with Gasteiger partial charge in [0.2, 0.25) is 5.91 Å². The monoisotopic (exact) mass is 1250 g/mol. The Kier molecular flexibility index (Phi) is 63.7. The molecule has 0 aromatic heterocycles. The maximum Gasteiger partial charge on any atom is 0.305 e. The van der Waals surface area contributed by atoms with Crippen LogP contribution < -0.4 is 5.32 Å². The summed E-state index contributed by atoms with van der Waals surface area (Å²) in [4.78, 5) is 25.1. The SMILES string of the molecule is CCCCCCC/C=C\CCCCCCCC(=O)OCCCCCCCCCCCCCCCCCCCCCCCCCCCCCCCCCCCCCCCC(=O)NC(COC1OC(CO)C(O)C(O)C1O)C(O)/C=C/CCCCCCCCC. The molecule has 7 atom stereocenters. The van der Waals surface area contributed by atoms with Crippen molar-refractivity contribution in [1.82, 2.24) is 5.32 Å². The molecule has 1 aliphatic rings. The zero-order chi connectivity index (χ0) is 63.7. The maximum absolute atomic E-state index is 13.0. The number of aliphatic hydroxyl groups is 5. The van der Waals surface area contributed by atoms with E-state index >= 15 is 0 Å². The minimum absolute atomic E-state index is 0.00924. The van der Waals surface area contributed by atoms with Crippen molar-refractivity contribution >= 4 is 11.9 Å². The van der Waals surface area contributed by atoms with Gasteiger partial charge in [-0.25, -0.2) is 0 Å². The zero-order valence-corrected chi connectivity index (χ0v) is 58.0. The first kappa shape index (κ1) is 84.2. The number of hydrogen-bond donors (Lipinski definition) is 6. The summed E-state index contributed by atoms with van der Waals surface area (Å²) in [5.74, 6) is -0.167. The highest BCUT2D eigenvalue weighted by atomic mass is 16.7. The predicted molar refractivity (Wildman–Crippen MR) is 371 cm³/mol. The highest BCUT2D eigenvalue weighted by Crippen LogP contribution is 2.24. The molecule has 0 spiro atoms. The summed E-state index contributed by atoms with van der Waals surface area (Å²) >= 11 is 0. The highest BCUT2D eigenvalue weighted by Gasteiger charge is 2.44. The fourth-order valence-electron chi connectivity index (χ4n) is 12.5. The van der Waals surface area contributed by atoms with Gasteiger partial charge in [-0.15, -0.1) is 0 Å². The second-order valence-electron chi connectivity index (χ2n) is 27.1. The average molecular weight is 1250 g/mol. The summed E-state index contributed by atoms with van der Waals surface area (Å²) in [7, 11) is 0. The second-order valence-corrected chi connectivity index (χ2v) is 27.1. The molecule has 0 saturated carbocycles. The van der Waals surface area contributed by atoms with Gasteiger partial charge in [0.25, 0.3) is 0 Å². The zero-order valence-electron chi connectivity index (χ0n) is 58.0. The normalized spacial score (nSPS) is 17.8. The molecule has 0 radical (unpaired) electrons. The summed E-state index contributed by atoms with van der Waals surface area (Å²) in [6.07, 6.45) is 75.1. The van der Waals surface area contributed by atoms with Crippen LogP contribution in [0.25, 0.3) is 0 Å². The Morgan fingerprint density at radius 1 is 0.409 bits per heavy atom. The molecule has 7 unspecified atom stereocenters. The fraction of sp³-hybridized carbons (Fsp3) is 0.922. The maximum atomic E-state index is 13.0. The molecular weight excluding hydrogens is 1100 g/mol.